The largest absolute Gasteiger partial charge is 0.388 e. The van der Waals surface area contributed by atoms with Crippen molar-refractivity contribution >= 4 is 23.4 Å². The van der Waals surface area contributed by atoms with Crippen molar-refractivity contribution < 1.29 is 5.11 Å². The van der Waals surface area contributed by atoms with Crippen LogP contribution in [0.25, 0.3) is 0 Å². The number of aliphatic hydroxyl groups is 1. The molecule has 78 valence electrons. The highest BCUT2D eigenvalue weighted by Crippen LogP contribution is 2.31. The molecule has 0 radical (unpaired) electrons. The highest BCUT2D eigenvalue weighted by Gasteiger charge is 2.10. The van der Waals surface area contributed by atoms with Crippen LogP contribution < -0.4 is 0 Å². The van der Waals surface area contributed by atoms with Gasteiger partial charge in [0.05, 0.1) is 6.10 Å². The Hall–Kier alpha value is -0.180. The third-order valence-electron chi connectivity index (χ3n) is 2.02. The number of aliphatic hydroxyl groups excluding tert-OH is 1. The molecule has 0 heterocycles. The Labute approximate surface area is 94.5 Å². The minimum atomic E-state index is -0.400. The van der Waals surface area contributed by atoms with E-state index in [2.05, 4.69) is 6.92 Å². The third kappa shape index (κ3) is 2.91. The molecule has 3 heteroatoms. The van der Waals surface area contributed by atoms with Crippen molar-refractivity contribution in [2.24, 2.45) is 0 Å². The maximum atomic E-state index is 9.79. The van der Waals surface area contributed by atoms with E-state index in [9.17, 15) is 5.11 Å². The van der Waals surface area contributed by atoms with Crippen LogP contribution in [-0.4, -0.2) is 10.9 Å². The predicted octanol–water partition coefficient (Wildman–Crippen LogP) is 3.90. The SMILES string of the molecule is CCSc1ccc(Cl)cc1C(O)CC. The highest BCUT2D eigenvalue weighted by molar-refractivity contribution is 7.99. The summed E-state index contributed by atoms with van der Waals surface area (Å²) in [5.41, 5.74) is 0.951. The fraction of sp³-hybridized carbons (Fsp3) is 0.455. The zero-order valence-corrected chi connectivity index (χ0v) is 10.0. The van der Waals surface area contributed by atoms with Crippen molar-refractivity contribution in [2.45, 2.75) is 31.3 Å². The molecule has 0 aromatic heterocycles. The molecule has 0 aliphatic carbocycles. The first-order chi connectivity index (χ1) is 6.69. The Kier molecular flexibility index (Phi) is 4.79. The van der Waals surface area contributed by atoms with Crippen LogP contribution >= 0.6 is 23.4 Å². The van der Waals surface area contributed by atoms with Crippen LogP contribution in [0, 0.1) is 0 Å². The van der Waals surface area contributed by atoms with Crippen LogP contribution in [0.3, 0.4) is 0 Å². The summed E-state index contributed by atoms with van der Waals surface area (Å²) in [5, 5.41) is 10.5. The molecule has 0 amide bonds. The summed E-state index contributed by atoms with van der Waals surface area (Å²) < 4.78 is 0. The molecule has 14 heavy (non-hydrogen) atoms. The van der Waals surface area contributed by atoms with Crippen LogP contribution in [0.2, 0.25) is 5.02 Å². The minimum Gasteiger partial charge on any atom is -0.388 e. The second-order valence-corrected chi connectivity index (χ2v) is 4.78. The molecular weight excluding hydrogens is 216 g/mol. The molecule has 0 aliphatic heterocycles. The van der Waals surface area contributed by atoms with Gasteiger partial charge in [-0.2, -0.15) is 0 Å². The minimum absolute atomic E-state index is 0.400. The number of benzene rings is 1. The highest BCUT2D eigenvalue weighted by atomic mass is 35.5. The average molecular weight is 231 g/mol. The lowest BCUT2D eigenvalue weighted by Crippen LogP contribution is -1.97. The summed E-state index contributed by atoms with van der Waals surface area (Å²) in [6.07, 6.45) is 0.320. The first-order valence-electron chi connectivity index (χ1n) is 4.79. The Bertz CT molecular complexity index is 301. The van der Waals surface area contributed by atoms with Crippen molar-refractivity contribution in [1.29, 1.82) is 0 Å². The lowest BCUT2D eigenvalue weighted by atomic mass is 10.1. The molecule has 1 rings (SSSR count). The van der Waals surface area contributed by atoms with Gasteiger partial charge in [-0.25, -0.2) is 0 Å². The van der Waals surface area contributed by atoms with Gasteiger partial charge in [-0.05, 0) is 35.9 Å². The van der Waals surface area contributed by atoms with Gasteiger partial charge >= 0.3 is 0 Å². The average Bonchev–Trinajstić information content (AvgIpc) is 2.20. The molecule has 1 atom stereocenters. The second-order valence-electron chi connectivity index (χ2n) is 3.04. The third-order valence-corrected chi connectivity index (χ3v) is 3.22. The normalized spacial score (nSPS) is 12.9. The molecule has 0 fully saturated rings. The van der Waals surface area contributed by atoms with E-state index in [0.29, 0.717) is 5.02 Å². The zero-order valence-electron chi connectivity index (χ0n) is 8.46. The first kappa shape index (κ1) is 11.9. The molecule has 1 unspecified atom stereocenters. The summed E-state index contributed by atoms with van der Waals surface area (Å²) in [7, 11) is 0. The standard InChI is InChI=1S/C11H15ClOS/c1-3-10(13)9-7-8(12)5-6-11(9)14-4-2/h5-7,10,13H,3-4H2,1-2H3. The van der Waals surface area contributed by atoms with Gasteiger partial charge in [0.2, 0.25) is 0 Å². The summed E-state index contributed by atoms with van der Waals surface area (Å²) in [6.45, 7) is 4.06. The van der Waals surface area contributed by atoms with Gasteiger partial charge < -0.3 is 5.11 Å². The van der Waals surface area contributed by atoms with Gasteiger partial charge in [0, 0.05) is 9.92 Å². The molecular formula is C11H15ClOS. The van der Waals surface area contributed by atoms with E-state index in [1.165, 1.54) is 0 Å². The van der Waals surface area contributed by atoms with Gasteiger partial charge in [0.25, 0.3) is 0 Å². The van der Waals surface area contributed by atoms with Crippen LogP contribution in [0.5, 0.6) is 0 Å². The number of hydrogen-bond acceptors (Lipinski definition) is 2. The van der Waals surface area contributed by atoms with E-state index < -0.39 is 6.10 Å². The van der Waals surface area contributed by atoms with Crippen LogP contribution in [0.4, 0.5) is 0 Å². The Balaban J connectivity index is 3.02. The van der Waals surface area contributed by atoms with E-state index in [1.54, 1.807) is 11.8 Å². The quantitative estimate of drug-likeness (QED) is 0.792. The molecule has 0 spiro atoms. The maximum absolute atomic E-state index is 9.79. The number of thioether (sulfide) groups is 1. The lowest BCUT2D eigenvalue weighted by Gasteiger charge is -2.13. The molecule has 0 saturated carbocycles. The summed E-state index contributed by atoms with van der Waals surface area (Å²) in [6, 6.07) is 5.70. The summed E-state index contributed by atoms with van der Waals surface area (Å²) >= 11 is 7.63. The van der Waals surface area contributed by atoms with Crippen LogP contribution in [0.15, 0.2) is 23.1 Å². The van der Waals surface area contributed by atoms with Crippen molar-refractivity contribution in [2.75, 3.05) is 5.75 Å². The second kappa shape index (κ2) is 5.64. The lowest BCUT2D eigenvalue weighted by molar-refractivity contribution is 0.171. The van der Waals surface area contributed by atoms with Gasteiger partial charge in [-0.3, -0.25) is 0 Å². The predicted molar refractivity (Wildman–Crippen MR) is 63.1 cm³/mol. The Morgan fingerprint density at radius 2 is 2.14 bits per heavy atom. The van der Waals surface area contributed by atoms with E-state index in [-0.39, 0.29) is 0 Å². The Morgan fingerprint density at radius 1 is 1.43 bits per heavy atom. The molecule has 1 nitrogen and oxygen atoms in total. The smallest absolute Gasteiger partial charge is 0.0798 e. The van der Waals surface area contributed by atoms with Crippen molar-refractivity contribution in [3.05, 3.63) is 28.8 Å². The van der Waals surface area contributed by atoms with Gasteiger partial charge in [-0.1, -0.05) is 25.4 Å². The monoisotopic (exact) mass is 230 g/mol. The van der Waals surface area contributed by atoms with Crippen molar-refractivity contribution in [1.82, 2.24) is 0 Å². The molecule has 1 aromatic rings. The number of rotatable bonds is 4. The van der Waals surface area contributed by atoms with Crippen LogP contribution in [0.1, 0.15) is 31.9 Å². The van der Waals surface area contributed by atoms with Gasteiger partial charge in [0.15, 0.2) is 0 Å². The fourth-order valence-electron chi connectivity index (χ4n) is 1.29. The first-order valence-corrected chi connectivity index (χ1v) is 6.15. The van der Waals surface area contributed by atoms with E-state index in [0.717, 1.165) is 22.6 Å². The molecule has 0 bridgehead atoms. The van der Waals surface area contributed by atoms with Gasteiger partial charge in [0.1, 0.15) is 0 Å². The Morgan fingerprint density at radius 3 is 2.71 bits per heavy atom. The fourth-order valence-corrected chi connectivity index (χ4v) is 2.30. The van der Waals surface area contributed by atoms with E-state index >= 15 is 0 Å². The summed E-state index contributed by atoms with van der Waals surface area (Å²) in [5.74, 6) is 1.01. The van der Waals surface area contributed by atoms with E-state index in [1.807, 2.05) is 25.1 Å². The maximum Gasteiger partial charge on any atom is 0.0798 e. The molecule has 1 aromatic carbocycles. The zero-order chi connectivity index (χ0) is 10.6. The number of halogens is 1. The molecule has 1 N–H and O–H groups in total. The molecule has 0 saturated heterocycles. The topological polar surface area (TPSA) is 20.2 Å². The number of hydrogen-bond donors (Lipinski definition) is 1. The van der Waals surface area contributed by atoms with Gasteiger partial charge in [-0.15, -0.1) is 11.8 Å². The van der Waals surface area contributed by atoms with E-state index in [4.69, 9.17) is 11.6 Å². The van der Waals surface area contributed by atoms with Crippen molar-refractivity contribution in [3.8, 4) is 0 Å². The molecule has 0 aliphatic rings. The van der Waals surface area contributed by atoms with Crippen LogP contribution in [-0.2, 0) is 0 Å². The van der Waals surface area contributed by atoms with Crippen molar-refractivity contribution in [3.63, 3.8) is 0 Å². The summed E-state index contributed by atoms with van der Waals surface area (Å²) in [4.78, 5) is 1.13.